The summed E-state index contributed by atoms with van der Waals surface area (Å²) in [5.74, 6) is 2.06. The standard InChI is InChI=1S/C27H39F3N4O2/c1-24(2,34-9-7-33(8-10-34)21-6-5-20(16-31-21)27(28,29)30)23(35)32-22-18-11-17-12-19(22)15-26(13-17,14-18)25(3,4)36/h5-6,16-19,22,36H,7-15H2,1-4H3,(H,32,35). The van der Waals surface area contributed by atoms with E-state index in [9.17, 15) is 23.1 Å². The van der Waals surface area contributed by atoms with Crippen molar-refractivity contribution >= 4 is 11.7 Å². The number of aromatic nitrogens is 1. The van der Waals surface area contributed by atoms with E-state index < -0.39 is 22.9 Å². The number of pyridine rings is 1. The molecule has 2 unspecified atom stereocenters. The van der Waals surface area contributed by atoms with Crippen molar-refractivity contribution in [3.05, 3.63) is 23.9 Å². The molecule has 2 N–H and O–H groups in total. The number of carbonyl (C=O) groups excluding carboxylic acids is 1. The van der Waals surface area contributed by atoms with Gasteiger partial charge in [-0.25, -0.2) is 4.98 Å². The molecule has 2 heterocycles. The third kappa shape index (κ3) is 4.40. The molecule has 1 aromatic rings. The summed E-state index contributed by atoms with van der Waals surface area (Å²) in [7, 11) is 0. The van der Waals surface area contributed by atoms with Crippen LogP contribution in [0.3, 0.4) is 0 Å². The Morgan fingerprint density at radius 1 is 1.03 bits per heavy atom. The van der Waals surface area contributed by atoms with E-state index in [0.29, 0.717) is 49.8 Å². The molecule has 4 saturated carbocycles. The van der Waals surface area contributed by atoms with Gasteiger partial charge < -0.3 is 15.3 Å². The lowest BCUT2D eigenvalue weighted by Gasteiger charge is -2.63. The first kappa shape index (κ1) is 25.8. The van der Waals surface area contributed by atoms with Crippen molar-refractivity contribution in [3.63, 3.8) is 0 Å². The molecule has 9 heteroatoms. The number of rotatable bonds is 5. The highest BCUT2D eigenvalue weighted by Gasteiger charge is 2.60. The van der Waals surface area contributed by atoms with E-state index in [1.165, 1.54) is 6.07 Å². The van der Waals surface area contributed by atoms with Gasteiger partial charge in [-0.2, -0.15) is 13.2 Å². The van der Waals surface area contributed by atoms with Gasteiger partial charge in [0.05, 0.1) is 16.7 Å². The van der Waals surface area contributed by atoms with Gasteiger partial charge in [0.15, 0.2) is 0 Å². The highest BCUT2D eigenvalue weighted by molar-refractivity contribution is 5.85. The van der Waals surface area contributed by atoms with Crippen LogP contribution in [0.1, 0.15) is 65.4 Å². The van der Waals surface area contributed by atoms with Crippen LogP contribution >= 0.6 is 0 Å². The normalized spacial score (nSPS) is 33.2. The van der Waals surface area contributed by atoms with Crippen LogP contribution in [0.2, 0.25) is 0 Å². The van der Waals surface area contributed by atoms with Crippen LogP contribution in [-0.4, -0.2) is 64.3 Å². The average molecular weight is 509 g/mol. The van der Waals surface area contributed by atoms with Gasteiger partial charge in [0.1, 0.15) is 5.82 Å². The van der Waals surface area contributed by atoms with Gasteiger partial charge in [0.25, 0.3) is 0 Å². The van der Waals surface area contributed by atoms with Crippen molar-refractivity contribution < 1.29 is 23.1 Å². The molecule has 200 valence electrons. The maximum absolute atomic E-state index is 13.6. The molecule has 1 aliphatic heterocycles. The molecule has 4 aliphatic carbocycles. The van der Waals surface area contributed by atoms with Gasteiger partial charge in [-0.15, -0.1) is 0 Å². The second kappa shape index (κ2) is 8.58. The lowest BCUT2D eigenvalue weighted by molar-refractivity contribution is -0.175. The zero-order valence-corrected chi connectivity index (χ0v) is 21.7. The number of alkyl halides is 3. The molecule has 5 aliphatic rings. The molecule has 36 heavy (non-hydrogen) atoms. The van der Waals surface area contributed by atoms with Gasteiger partial charge in [-0.1, -0.05) is 0 Å². The lowest BCUT2D eigenvalue weighted by Crippen LogP contribution is -2.67. The van der Waals surface area contributed by atoms with Crippen LogP contribution in [0.15, 0.2) is 18.3 Å². The molecule has 6 nitrogen and oxygen atoms in total. The minimum Gasteiger partial charge on any atom is -0.390 e. The zero-order chi connectivity index (χ0) is 26.1. The van der Waals surface area contributed by atoms with Gasteiger partial charge >= 0.3 is 6.18 Å². The molecule has 6 rings (SSSR count). The molecule has 1 saturated heterocycles. The fraction of sp³-hybridized carbons (Fsp3) is 0.778. The largest absolute Gasteiger partial charge is 0.417 e. The maximum Gasteiger partial charge on any atom is 0.417 e. The summed E-state index contributed by atoms with van der Waals surface area (Å²) in [6, 6.07) is 2.66. The SMILES string of the molecule is CC(C)(C(=O)NC1C2CC3CC1CC(C(C)(C)O)(C3)C2)N1CCN(c2ccc(C(F)(F)F)cn2)CC1. The number of aliphatic hydroxyl groups is 1. The Bertz CT molecular complexity index is 964. The van der Waals surface area contributed by atoms with Crippen molar-refractivity contribution in [1.82, 2.24) is 15.2 Å². The molecule has 2 atom stereocenters. The molecular weight excluding hydrogens is 469 g/mol. The van der Waals surface area contributed by atoms with Gasteiger partial charge in [0.2, 0.25) is 5.91 Å². The molecule has 1 amide bonds. The number of nitrogens with zero attached hydrogens (tertiary/aromatic N) is 3. The summed E-state index contributed by atoms with van der Waals surface area (Å²) in [4.78, 5) is 21.7. The highest BCUT2D eigenvalue weighted by Crippen LogP contribution is 2.63. The molecule has 0 spiro atoms. The molecular formula is C27H39F3N4O2. The van der Waals surface area contributed by atoms with E-state index in [2.05, 4.69) is 15.2 Å². The van der Waals surface area contributed by atoms with Crippen LogP contribution in [0, 0.1) is 23.2 Å². The van der Waals surface area contributed by atoms with E-state index >= 15 is 0 Å². The zero-order valence-electron chi connectivity index (χ0n) is 21.7. The first-order valence-electron chi connectivity index (χ1n) is 13.3. The molecule has 4 bridgehead atoms. The van der Waals surface area contributed by atoms with Crippen molar-refractivity contribution in [1.29, 1.82) is 0 Å². The Morgan fingerprint density at radius 3 is 2.14 bits per heavy atom. The van der Waals surface area contributed by atoms with Crippen LogP contribution in [0.5, 0.6) is 0 Å². The summed E-state index contributed by atoms with van der Waals surface area (Å²) < 4.78 is 38.5. The first-order chi connectivity index (χ1) is 16.7. The average Bonchev–Trinajstić information content (AvgIpc) is 2.80. The number of hydrogen-bond acceptors (Lipinski definition) is 5. The summed E-state index contributed by atoms with van der Waals surface area (Å²) in [5, 5.41) is 14.4. The van der Waals surface area contributed by atoms with Gasteiger partial charge in [-0.05, 0) is 95.1 Å². The first-order valence-corrected chi connectivity index (χ1v) is 13.3. The number of anilines is 1. The summed E-state index contributed by atoms with van der Waals surface area (Å²) >= 11 is 0. The second-order valence-electron chi connectivity index (χ2n) is 12.7. The number of halogens is 3. The maximum atomic E-state index is 13.6. The van der Waals surface area contributed by atoms with Crippen molar-refractivity contribution in [2.24, 2.45) is 23.2 Å². The number of amides is 1. The summed E-state index contributed by atoms with van der Waals surface area (Å²) in [5.41, 5.74) is -2.16. The highest BCUT2D eigenvalue weighted by atomic mass is 19.4. The number of hydrogen-bond donors (Lipinski definition) is 2. The predicted molar refractivity (Wildman–Crippen MR) is 131 cm³/mol. The fourth-order valence-corrected chi connectivity index (χ4v) is 7.72. The molecule has 1 aromatic heterocycles. The minimum absolute atomic E-state index is 0.0249. The number of nitrogens with one attached hydrogen (secondary N) is 1. The topological polar surface area (TPSA) is 68.7 Å². The monoisotopic (exact) mass is 508 g/mol. The van der Waals surface area contributed by atoms with E-state index in [4.69, 9.17) is 0 Å². The smallest absolute Gasteiger partial charge is 0.390 e. The van der Waals surface area contributed by atoms with E-state index in [0.717, 1.165) is 44.4 Å². The van der Waals surface area contributed by atoms with E-state index in [1.807, 2.05) is 32.6 Å². The molecule has 0 aromatic carbocycles. The van der Waals surface area contributed by atoms with Crippen molar-refractivity contribution in [2.75, 3.05) is 31.1 Å². The van der Waals surface area contributed by atoms with Crippen LogP contribution in [0.4, 0.5) is 19.0 Å². The number of piperazine rings is 1. The Hall–Kier alpha value is -1.87. The van der Waals surface area contributed by atoms with Crippen molar-refractivity contribution in [2.45, 2.75) is 83.2 Å². The van der Waals surface area contributed by atoms with Crippen molar-refractivity contribution in [3.8, 4) is 0 Å². The molecule has 5 fully saturated rings. The molecule has 0 radical (unpaired) electrons. The van der Waals surface area contributed by atoms with Crippen LogP contribution in [-0.2, 0) is 11.0 Å². The Balaban J connectivity index is 1.20. The third-order valence-electron chi connectivity index (χ3n) is 9.89. The van der Waals surface area contributed by atoms with Crippen LogP contribution in [0.25, 0.3) is 0 Å². The van der Waals surface area contributed by atoms with Crippen LogP contribution < -0.4 is 10.2 Å². The third-order valence-corrected chi connectivity index (χ3v) is 9.89. The Morgan fingerprint density at radius 2 is 1.64 bits per heavy atom. The Kier molecular flexibility index (Phi) is 6.14. The fourth-order valence-electron chi connectivity index (χ4n) is 7.72. The predicted octanol–water partition coefficient (Wildman–Crippen LogP) is 4.08. The Labute approximate surface area is 211 Å². The summed E-state index contributed by atoms with van der Waals surface area (Å²) in [6.45, 7) is 10.3. The minimum atomic E-state index is -4.40. The second-order valence-corrected chi connectivity index (χ2v) is 12.7. The van der Waals surface area contributed by atoms with E-state index in [-0.39, 0.29) is 17.4 Å². The summed E-state index contributed by atoms with van der Waals surface area (Å²) in [6.07, 6.45) is 1.83. The van der Waals surface area contributed by atoms with Gasteiger partial charge in [-0.3, -0.25) is 9.69 Å². The number of carbonyl (C=O) groups is 1. The quantitative estimate of drug-likeness (QED) is 0.627. The van der Waals surface area contributed by atoms with E-state index in [1.54, 1.807) is 0 Å². The lowest BCUT2D eigenvalue weighted by atomic mass is 9.44. The van der Waals surface area contributed by atoms with Gasteiger partial charge in [0, 0.05) is 38.4 Å².